The van der Waals surface area contributed by atoms with Crippen LogP contribution in [0.2, 0.25) is 0 Å². The minimum absolute atomic E-state index is 0.0722. The number of furan rings is 1. The molecule has 2 aromatic rings. The molecule has 6 heteroatoms. The molecule has 6 nitrogen and oxygen atoms in total. The molecule has 0 aliphatic rings. The SMILES string of the molecule is COCCCNC(=O)CCN(Cc1ccccc1)C(=O)c1cc(C)oc1C. The number of hydrogen-bond acceptors (Lipinski definition) is 4. The summed E-state index contributed by atoms with van der Waals surface area (Å²) < 4.78 is 10.5. The van der Waals surface area contributed by atoms with Crippen molar-refractivity contribution < 1.29 is 18.7 Å². The molecule has 1 aromatic carbocycles. The van der Waals surface area contributed by atoms with Crippen LogP contribution < -0.4 is 5.32 Å². The van der Waals surface area contributed by atoms with Crippen molar-refractivity contribution in [3.63, 3.8) is 0 Å². The number of carbonyl (C=O) groups excluding carboxylic acids is 2. The lowest BCUT2D eigenvalue weighted by molar-refractivity contribution is -0.121. The Balaban J connectivity index is 2.02. The van der Waals surface area contributed by atoms with Crippen LogP contribution in [0.15, 0.2) is 40.8 Å². The fraction of sp³-hybridized carbons (Fsp3) is 0.429. The molecule has 0 atom stereocenters. The predicted molar refractivity (Wildman–Crippen MR) is 103 cm³/mol. The van der Waals surface area contributed by atoms with Crippen molar-refractivity contribution in [3.05, 3.63) is 59.0 Å². The molecule has 0 fully saturated rings. The summed E-state index contributed by atoms with van der Waals surface area (Å²) >= 11 is 0. The number of hydrogen-bond donors (Lipinski definition) is 1. The Morgan fingerprint density at radius 2 is 1.93 bits per heavy atom. The van der Waals surface area contributed by atoms with E-state index in [4.69, 9.17) is 9.15 Å². The second kappa shape index (κ2) is 10.5. The number of nitrogens with zero attached hydrogens (tertiary/aromatic N) is 1. The van der Waals surface area contributed by atoms with Crippen molar-refractivity contribution in [3.8, 4) is 0 Å². The largest absolute Gasteiger partial charge is 0.466 e. The van der Waals surface area contributed by atoms with Crippen molar-refractivity contribution in [1.29, 1.82) is 0 Å². The van der Waals surface area contributed by atoms with Crippen LogP contribution >= 0.6 is 0 Å². The maximum atomic E-state index is 13.0. The van der Waals surface area contributed by atoms with Gasteiger partial charge in [0.05, 0.1) is 5.56 Å². The van der Waals surface area contributed by atoms with Crippen LogP contribution in [0.1, 0.15) is 40.3 Å². The van der Waals surface area contributed by atoms with Gasteiger partial charge in [-0.05, 0) is 31.9 Å². The van der Waals surface area contributed by atoms with Crippen molar-refractivity contribution in [1.82, 2.24) is 10.2 Å². The Morgan fingerprint density at radius 3 is 2.56 bits per heavy atom. The van der Waals surface area contributed by atoms with E-state index in [0.717, 1.165) is 12.0 Å². The lowest BCUT2D eigenvalue weighted by Gasteiger charge is -2.22. The van der Waals surface area contributed by atoms with Gasteiger partial charge < -0.3 is 19.4 Å². The van der Waals surface area contributed by atoms with Crippen LogP contribution in [0, 0.1) is 13.8 Å². The van der Waals surface area contributed by atoms with Gasteiger partial charge in [-0.3, -0.25) is 9.59 Å². The van der Waals surface area contributed by atoms with Crippen LogP contribution in [-0.4, -0.2) is 43.5 Å². The minimum atomic E-state index is -0.125. The van der Waals surface area contributed by atoms with Crippen LogP contribution in [0.5, 0.6) is 0 Å². The van der Waals surface area contributed by atoms with E-state index in [0.29, 0.717) is 43.3 Å². The Labute approximate surface area is 160 Å². The van der Waals surface area contributed by atoms with Gasteiger partial charge in [-0.15, -0.1) is 0 Å². The number of ether oxygens (including phenoxy) is 1. The third-order valence-corrected chi connectivity index (χ3v) is 4.23. The summed E-state index contributed by atoms with van der Waals surface area (Å²) in [5, 5.41) is 2.86. The maximum absolute atomic E-state index is 13.0. The van der Waals surface area contributed by atoms with Crippen LogP contribution in [0.3, 0.4) is 0 Å². The highest BCUT2D eigenvalue weighted by molar-refractivity contribution is 5.95. The van der Waals surface area contributed by atoms with Gasteiger partial charge >= 0.3 is 0 Å². The third-order valence-electron chi connectivity index (χ3n) is 4.23. The van der Waals surface area contributed by atoms with Crippen molar-refractivity contribution in [2.24, 2.45) is 0 Å². The normalized spacial score (nSPS) is 10.6. The maximum Gasteiger partial charge on any atom is 0.257 e. The zero-order valence-corrected chi connectivity index (χ0v) is 16.3. The Bertz CT molecular complexity index is 740. The van der Waals surface area contributed by atoms with E-state index in [1.54, 1.807) is 25.0 Å². The average molecular weight is 372 g/mol. The number of rotatable bonds is 10. The molecule has 0 radical (unpaired) electrons. The number of methoxy groups -OCH3 is 1. The molecule has 0 saturated carbocycles. The van der Waals surface area contributed by atoms with Gasteiger partial charge in [0.15, 0.2) is 0 Å². The average Bonchev–Trinajstić information content (AvgIpc) is 3.00. The number of benzene rings is 1. The zero-order chi connectivity index (χ0) is 19.6. The molecule has 0 aliphatic heterocycles. The lowest BCUT2D eigenvalue weighted by Crippen LogP contribution is -2.35. The summed E-state index contributed by atoms with van der Waals surface area (Å²) in [6.45, 7) is 5.56. The molecule has 0 aliphatic carbocycles. The summed E-state index contributed by atoms with van der Waals surface area (Å²) in [6, 6.07) is 11.5. The summed E-state index contributed by atoms with van der Waals surface area (Å²) in [5.41, 5.74) is 1.56. The molecule has 1 N–H and O–H groups in total. The molecule has 0 bridgehead atoms. The van der Waals surface area contributed by atoms with E-state index < -0.39 is 0 Å². The van der Waals surface area contributed by atoms with E-state index in [9.17, 15) is 9.59 Å². The Morgan fingerprint density at radius 1 is 1.19 bits per heavy atom. The first-order valence-corrected chi connectivity index (χ1v) is 9.17. The van der Waals surface area contributed by atoms with Gasteiger partial charge in [-0.1, -0.05) is 30.3 Å². The van der Waals surface area contributed by atoms with E-state index >= 15 is 0 Å². The monoisotopic (exact) mass is 372 g/mol. The minimum Gasteiger partial charge on any atom is -0.466 e. The van der Waals surface area contributed by atoms with E-state index in [1.165, 1.54) is 0 Å². The fourth-order valence-corrected chi connectivity index (χ4v) is 2.84. The molecule has 1 aromatic heterocycles. The first-order chi connectivity index (χ1) is 13.0. The van der Waals surface area contributed by atoms with Crippen molar-refractivity contribution in [2.75, 3.05) is 26.8 Å². The Kier molecular flexibility index (Phi) is 8.07. The van der Waals surface area contributed by atoms with Crippen LogP contribution in [0.25, 0.3) is 0 Å². The zero-order valence-electron chi connectivity index (χ0n) is 16.3. The summed E-state index contributed by atoms with van der Waals surface area (Å²) in [6.07, 6.45) is 1.02. The van der Waals surface area contributed by atoms with Gasteiger partial charge in [-0.25, -0.2) is 0 Å². The molecule has 0 saturated heterocycles. The van der Waals surface area contributed by atoms with E-state index in [-0.39, 0.29) is 18.2 Å². The van der Waals surface area contributed by atoms with Gasteiger partial charge in [-0.2, -0.15) is 0 Å². The molecular weight excluding hydrogens is 344 g/mol. The highest BCUT2D eigenvalue weighted by Gasteiger charge is 2.21. The second-order valence-electron chi connectivity index (χ2n) is 6.49. The first kappa shape index (κ1) is 20.7. The smallest absolute Gasteiger partial charge is 0.257 e. The number of amides is 2. The van der Waals surface area contributed by atoms with E-state index in [2.05, 4.69) is 5.32 Å². The lowest BCUT2D eigenvalue weighted by atomic mass is 10.1. The molecule has 146 valence electrons. The molecule has 2 amide bonds. The Hall–Kier alpha value is -2.60. The number of aryl methyl sites for hydroxylation is 2. The van der Waals surface area contributed by atoms with Crippen molar-refractivity contribution >= 4 is 11.8 Å². The predicted octanol–water partition coefficient (Wildman–Crippen LogP) is 3.08. The summed E-state index contributed by atoms with van der Waals surface area (Å²) in [4.78, 5) is 26.8. The highest BCUT2D eigenvalue weighted by atomic mass is 16.5. The molecular formula is C21H28N2O4. The topological polar surface area (TPSA) is 71.8 Å². The molecule has 0 spiro atoms. The van der Waals surface area contributed by atoms with E-state index in [1.807, 2.05) is 37.3 Å². The van der Waals surface area contributed by atoms with Crippen molar-refractivity contribution in [2.45, 2.75) is 33.2 Å². The fourth-order valence-electron chi connectivity index (χ4n) is 2.84. The molecule has 27 heavy (non-hydrogen) atoms. The van der Waals surface area contributed by atoms with Gasteiger partial charge in [0.1, 0.15) is 11.5 Å². The second-order valence-corrected chi connectivity index (χ2v) is 6.49. The highest BCUT2D eigenvalue weighted by Crippen LogP contribution is 2.18. The summed E-state index contributed by atoms with van der Waals surface area (Å²) in [7, 11) is 1.63. The van der Waals surface area contributed by atoms with Gasteiger partial charge in [0, 0.05) is 39.8 Å². The van der Waals surface area contributed by atoms with Gasteiger partial charge in [0.25, 0.3) is 5.91 Å². The van der Waals surface area contributed by atoms with Crippen LogP contribution in [-0.2, 0) is 16.1 Å². The molecule has 2 rings (SSSR count). The molecule has 1 heterocycles. The first-order valence-electron chi connectivity index (χ1n) is 9.17. The van der Waals surface area contributed by atoms with Gasteiger partial charge in [0.2, 0.25) is 5.91 Å². The quantitative estimate of drug-likeness (QED) is 0.651. The molecule has 0 unspecified atom stereocenters. The standard InChI is InChI=1S/C21H28N2O4/c1-16-14-19(17(2)27-16)21(25)23(15-18-8-5-4-6-9-18)12-10-20(24)22-11-7-13-26-3/h4-6,8-9,14H,7,10-13,15H2,1-3H3,(H,22,24). The summed E-state index contributed by atoms with van der Waals surface area (Å²) in [5.74, 6) is 1.10. The number of carbonyl (C=O) groups is 2. The van der Waals surface area contributed by atoms with Crippen LogP contribution in [0.4, 0.5) is 0 Å². The number of nitrogens with one attached hydrogen (secondary N) is 1. The third kappa shape index (κ3) is 6.57.